The van der Waals surface area contributed by atoms with E-state index in [4.69, 9.17) is 4.74 Å². The Balaban J connectivity index is 2.10. The lowest BCUT2D eigenvalue weighted by Crippen LogP contribution is -2.37. The Kier molecular flexibility index (Phi) is 5.36. The maximum absolute atomic E-state index is 6.27. The molecule has 28 heavy (non-hydrogen) atoms. The summed E-state index contributed by atoms with van der Waals surface area (Å²) in [7, 11) is 1.81. The van der Waals surface area contributed by atoms with Crippen molar-refractivity contribution in [2.24, 2.45) is 0 Å². The van der Waals surface area contributed by atoms with Crippen molar-refractivity contribution in [1.29, 1.82) is 0 Å². The molecule has 0 amide bonds. The van der Waals surface area contributed by atoms with Gasteiger partial charge in [0, 0.05) is 7.11 Å². The van der Waals surface area contributed by atoms with Gasteiger partial charge in [0.25, 0.3) is 0 Å². The molecule has 0 bridgehead atoms. The number of methoxy groups -OCH3 is 1. The van der Waals surface area contributed by atoms with Crippen molar-refractivity contribution in [2.75, 3.05) is 7.11 Å². The van der Waals surface area contributed by atoms with Gasteiger partial charge in [-0.3, -0.25) is 0 Å². The highest BCUT2D eigenvalue weighted by Gasteiger charge is 2.44. The average molecular weight is 364 g/mol. The molecular formula is C27H24O. The van der Waals surface area contributed by atoms with E-state index in [1.54, 1.807) is 7.11 Å². The molecule has 0 heterocycles. The van der Waals surface area contributed by atoms with Crippen LogP contribution in [0.1, 0.15) is 28.4 Å². The van der Waals surface area contributed by atoms with Crippen LogP contribution in [0.25, 0.3) is 0 Å². The van der Waals surface area contributed by atoms with Crippen LogP contribution < -0.4 is 0 Å². The maximum Gasteiger partial charge on any atom is 0.0999 e. The fourth-order valence-electron chi connectivity index (χ4n) is 4.25. The second-order valence-electron chi connectivity index (χ2n) is 6.93. The molecule has 4 aromatic rings. The summed E-state index contributed by atoms with van der Waals surface area (Å²) in [6.07, 6.45) is -0.180. The maximum atomic E-state index is 6.27. The van der Waals surface area contributed by atoms with Gasteiger partial charge in [-0.2, -0.15) is 0 Å². The normalized spacial score (nSPS) is 12.5. The van der Waals surface area contributed by atoms with Crippen molar-refractivity contribution in [3.63, 3.8) is 0 Å². The molecule has 4 rings (SSSR count). The summed E-state index contributed by atoms with van der Waals surface area (Å²) in [6, 6.07) is 42.5. The summed E-state index contributed by atoms with van der Waals surface area (Å²) in [4.78, 5) is 0. The molecule has 0 aromatic heterocycles. The lowest BCUT2D eigenvalue weighted by atomic mass is 9.64. The minimum Gasteiger partial charge on any atom is -0.375 e. The summed E-state index contributed by atoms with van der Waals surface area (Å²) < 4.78 is 6.27. The first kappa shape index (κ1) is 18.2. The van der Waals surface area contributed by atoms with Crippen LogP contribution in [0.4, 0.5) is 0 Å². The smallest absolute Gasteiger partial charge is 0.0999 e. The van der Waals surface area contributed by atoms with Crippen LogP contribution in [-0.2, 0) is 10.2 Å². The first-order valence-electron chi connectivity index (χ1n) is 9.61. The first-order chi connectivity index (χ1) is 13.9. The highest BCUT2D eigenvalue weighted by molar-refractivity contribution is 5.53. The number of hydrogen-bond donors (Lipinski definition) is 0. The molecule has 0 aliphatic carbocycles. The molecule has 0 spiro atoms. The van der Waals surface area contributed by atoms with Gasteiger partial charge in [-0.15, -0.1) is 0 Å². The van der Waals surface area contributed by atoms with Gasteiger partial charge in [0.1, 0.15) is 0 Å². The lowest BCUT2D eigenvalue weighted by molar-refractivity contribution is 0.0614. The predicted octanol–water partition coefficient (Wildman–Crippen LogP) is 6.41. The third kappa shape index (κ3) is 3.15. The molecule has 1 atom stereocenters. The molecule has 1 unspecified atom stereocenters. The van der Waals surface area contributed by atoms with Crippen molar-refractivity contribution in [2.45, 2.75) is 11.5 Å². The fourth-order valence-corrected chi connectivity index (χ4v) is 4.25. The third-order valence-electron chi connectivity index (χ3n) is 5.42. The molecule has 0 fully saturated rings. The van der Waals surface area contributed by atoms with Crippen LogP contribution in [0.15, 0.2) is 121 Å². The second kappa shape index (κ2) is 8.24. The number of ether oxygens (including phenoxy) is 1. The van der Waals surface area contributed by atoms with Gasteiger partial charge in [-0.25, -0.2) is 0 Å². The zero-order chi connectivity index (χ0) is 19.2. The van der Waals surface area contributed by atoms with Gasteiger partial charge in [-0.1, -0.05) is 121 Å². The van der Waals surface area contributed by atoms with Crippen LogP contribution in [0.2, 0.25) is 0 Å². The second-order valence-corrected chi connectivity index (χ2v) is 6.93. The third-order valence-corrected chi connectivity index (χ3v) is 5.42. The van der Waals surface area contributed by atoms with Gasteiger partial charge in [0.05, 0.1) is 11.5 Å². The largest absolute Gasteiger partial charge is 0.375 e. The van der Waals surface area contributed by atoms with Gasteiger partial charge >= 0.3 is 0 Å². The molecule has 0 saturated carbocycles. The molecule has 0 radical (unpaired) electrons. The van der Waals surface area contributed by atoms with Gasteiger partial charge < -0.3 is 4.74 Å². The van der Waals surface area contributed by atoms with Crippen molar-refractivity contribution < 1.29 is 4.74 Å². The zero-order valence-electron chi connectivity index (χ0n) is 16.0. The molecule has 4 aromatic carbocycles. The van der Waals surface area contributed by atoms with E-state index >= 15 is 0 Å². The van der Waals surface area contributed by atoms with E-state index in [2.05, 4.69) is 115 Å². The Bertz CT molecular complexity index is 883. The van der Waals surface area contributed by atoms with E-state index in [0.717, 1.165) is 5.56 Å². The van der Waals surface area contributed by atoms with Crippen LogP contribution in [0.3, 0.4) is 0 Å². The van der Waals surface area contributed by atoms with Crippen molar-refractivity contribution in [1.82, 2.24) is 0 Å². The highest BCUT2D eigenvalue weighted by atomic mass is 16.5. The minimum atomic E-state index is -0.472. The molecule has 0 aliphatic rings. The minimum absolute atomic E-state index is 0.180. The van der Waals surface area contributed by atoms with Gasteiger partial charge in [0.2, 0.25) is 0 Å². The van der Waals surface area contributed by atoms with E-state index in [-0.39, 0.29) is 6.10 Å². The molecule has 138 valence electrons. The Morgan fingerprint density at radius 2 is 0.821 bits per heavy atom. The van der Waals surface area contributed by atoms with Crippen molar-refractivity contribution in [3.8, 4) is 0 Å². The SMILES string of the molecule is COC(c1ccccc1)C(c1ccccc1)(c1ccccc1)c1ccccc1. The van der Waals surface area contributed by atoms with E-state index in [0.29, 0.717) is 0 Å². The van der Waals surface area contributed by atoms with E-state index < -0.39 is 5.41 Å². The quantitative estimate of drug-likeness (QED) is 0.359. The zero-order valence-corrected chi connectivity index (χ0v) is 16.0. The number of benzene rings is 4. The van der Waals surface area contributed by atoms with E-state index in [9.17, 15) is 0 Å². The summed E-state index contributed by atoms with van der Waals surface area (Å²) in [6.45, 7) is 0. The van der Waals surface area contributed by atoms with Crippen molar-refractivity contribution in [3.05, 3.63) is 144 Å². The van der Waals surface area contributed by atoms with Crippen LogP contribution in [0.5, 0.6) is 0 Å². The number of hydrogen-bond acceptors (Lipinski definition) is 1. The topological polar surface area (TPSA) is 9.23 Å². The molecule has 1 heteroatoms. The summed E-state index contributed by atoms with van der Waals surface area (Å²) in [5, 5.41) is 0. The predicted molar refractivity (Wildman–Crippen MR) is 115 cm³/mol. The highest BCUT2D eigenvalue weighted by Crippen LogP contribution is 2.49. The monoisotopic (exact) mass is 364 g/mol. The standard InChI is InChI=1S/C27H24O/c1-28-26(22-14-6-2-7-15-22)27(23-16-8-3-9-17-23,24-18-10-4-11-19-24)25-20-12-5-13-21-25/h2-21,26H,1H3. The summed E-state index contributed by atoms with van der Waals surface area (Å²) in [5.41, 5.74) is 4.32. The Hall–Kier alpha value is -3.16. The van der Waals surface area contributed by atoms with Crippen LogP contribution in [-0.4, -0.2) is 7.11 Å². The van der Waals surface area contributed by atoms with Gasteiger partial charge in [-0.05, 0) is 22.3 Å². The first-order valence-corrected chi connectivity index (χ1v) is 9.61. The average Bonchev–Trinajstić information content (AvgIpc) is 2.80. The summed E-state index contributed by atoms with van der Waals surface area (Å²) >= 11 is 0. The molecule has 0 aliphatic heterocycles. The van der Waals surface area contributed by atoms with E-state index in [1.807, 2.05) is 6.07 Å². The number of rotatable bonds is 6. The lowest BCUT2D eigenvalue weighted by Gasteiger charge is -2.42. The Labute approximate surface area is 167 Å². The fraction of sp³-hybridized carbons (Fsp3) is 0.111. The molecule has 0 saturated heterocycles. The van der Waals surface area contributed by atoms with Crippen molar-refractivity contribution >= 4 is 0 Å². The van der Waals surface area contributed by atoms with E-state index in [1.165, 1.54) is 16.7 Å². The molecule has 0 N–H and O–H groups in total. The summed E-state index contributed by atoms with van der Waals surface area (Å²) in [5.74, 6) is 0. The molecular weight excluding hydrogens is 340 g/mol. The van der Waals surface area contributed by atoms with Crippen LogP contribution >= 0.6 is 0 Å². The Morgan fingerprint density at radius 1 is 0.500 bits per heavy atom. The van der Waals surface area contributed by atoms with Crippen LogP contribution in [0, 0.1) is 0 Å². The molecule has 1 nitrogen and oxygen atoms in total. The Morgan fingerprint density at radius 3 is 1.14 bits per heavy atom. The van der Waals surface area contributed by atoms with Gasteiger partial charge in [0.15, 0.2) is 0 Å².